The fourth-order valence-electron chi connectivity index (χ4n) is 2.12. The van der Waals surface area contributed by atoms with E-state index in [2.05, 4.69) is 5.32 Å². The molecule has 0 spiro atoms. The Morgan fingerprint density at radius 3 is 2.63 bits per heavy atom. The third-order valence-electron chi connectivity index (χ3n) is 2.99. The molecule has 0 aromatic heterocycles. The first-order valence-electron chi connectivity index (χ1n) is 6.36. The minimum atomic E-state index is -3.27. The maximum atomic E-state index is 11.7. The summed E-state index contributed by atoms with van der Waals surface area (Å²) >= 11 is 0. The molecular weight excluding hydrogens is 270 g/mol. The molecule has 2 N–H and O–H groups in total. The van der Waals surface area contributed by atoms with Crippen molar-refractivity contribution in [1.29, 1.82) is 0 Å². The molecule has 0 bridgehead atoms. The fourth-order valence-corrected chi connectivity index (χ4v) is 3.14. The molecule has 0 aromatic rings. The molecule has 0 radical (unpaired) electrons. The Bertz CT molecular complexity index is 410. The van der Waals surface area contributed by atoms with Crippen LogP contribution in [-0.4, -0.2) is 73.8 Å². The number of nitrogens with zero attached hydrogens (tertiary/aromatic N) is 2. The standard InChI is InChI=1S/C11H23N3O4S/c1-9(2)6-14(19(3,17)18)8-10-7-13(11(15)16)5-4-12-10/h9-10,12H,4-8H2,1-3H3,(H,15,16)/t10-/m1/s1. The maximum absolute atomic E-state index is 11.7. The minimum Gasteiger partial charge on any atom is -0.465 e. The van der Waals surface area contributed by atoms with E-state index < -0.39 is 16.1 Å². The number of hydrogen-bond donors (Lipinski definition) is 2. The first-order chi connectivity index (χ1) is 8.70. The Morgan fingerprint density at radius 1 is 1.53 bits per heavy atom. The van der Waals surface area contributed by atoms with E-state index in [0.29, 0.717) is 32.7 Å². The van der Waals surface area contributed by atoms with E-state index in [1.807, 2.05) is 13.8 Å². The third kappa shape index (κ3) is 5.33. The summed E-state index contributed by atoms with van der Waals surface area (Å²) in [5, 5.41) is 12.1. The van der Waals surface area contributed by atoms with Gasteiger partial charge < -0.3 is 15.3 Å². The smallest absolute Gasteiger partial charge is 0.407 e. The Kier molecular flexibility index (Phi) is 5.57. The van der Waals surface area contributed by atoms with Gasteiger partial charge in [0.1, 0.15) is 0 Å². The van der Waals surface area contributed by atoms with Crippen LogP contribution < -0.4 is 5.32 Å². The summed E-state index contributed by atoms with van der Waals surface area (Å²) < 4.78 is 24.9. The predicted molar refractivity (Wildman–Crippen MR) is 72.6 cm³/mol. The van der Waals surface area contributed by atoms with Crippen molar-refractivity contribution in [2.45, 2.75) is 19.9 Å². The van der Waals surface area contributed by atoms with E-state index in [0.717, 1.165) is 0 Å². The molecule has 1 amide bonds. The van der Waals surface area contributed by atoms with Gasteiger partial charge in [0.25, 0.3) is 0 Å². The monoisotopic (exact) mass is 293 g/mol. The molecular formula is C11H23N3O4S. The highest BCUT2D eigenvalue weighted by Gasteiger charge is 2.27. The maximum Gasteiger partial charge on any atom is 0.407 e. The second-order valence-corrected chi connectivity index (χ2v) is 7.34. The number of carboxylic acid groups (broad SMARTS) is 1. The lowest BCUT2D eigenvalue weighted by Gasteiger charge is -2.34. The van der Waals surface area contributed by atoms with Crippen LogP contribution in [0.1, 0.15) is 13.8 Å². The average molecular weight is 293 g/mol. The Balaban J connectivity index is 2.66. The number of carbonyl (C=O) groups is 1. The van der Waals surface area contributed by atoms with E-state index in [9.17, 15) is 13.2 Å². The lowest BCUT2D eigenvalue weighted by Crippen LogP contribution is -2.56. The zero-order valence-corrected chi connectivity index (χ0v) is 12.5. The number of piperazine rings is 1. The van der Waals surface area contributed by atoms with Crippen molar-refractivity contribution >= 4 is 16.1 Å². The second kappa shape index (κ2) is 6.53. The summed E-state index contributed by atoms with van der Waals surface area (Å²) in [6.07, 6.45) is 0.231. The van der Waals surface area contributed by atoms with Crippen LogP contribution in [0, 0.1) is 5.92 Å². The van der Waals surface area contributed by atoms with Gasteiger partial charge in [-0.25, -0.2) is 17.5 Å². The van der Waals surface area contributed by atoms with E-state index in [1.165, 1.54) is 15.5 Å². The Hall–Kier alpha value is -0.860. The van der Waals surface area contributed by atoms with Gasteiger partial charge >= 0.3 is 6.09 Å². The summed E-state index contributed by atoms with van der Waals surface area (Å²) in [6, 6.07) is -0.154. The highest BCUT2D eigenvalue weighted by Crippen LogP contribution is 2.08. The van der Waals surface area contributed by atoms with Gasteiger partial charge in [-0.15, -0.1) is 0 Å². The SMILES string of the molecule is CC(C)CN(C[C@H]1CN(C(=O)O)CCN1)S(C)(=O)=O. The van der Waals surface area contributed by atoms with E-state index in [-0.39, 0.29) is 12.0 Å². The molecule has 0 aromatic carbocycles. The van der Waals surface area contributed by atoms with Crippen molar-refractivity contribution in [3.8, 4) is 0 Å². The van der Waals surface area contributed by atoms with Gasteiger partial charge in [-0.2, -0.15) is 0 Å². The molecule has 7 nitrogen and oxygen atoms in total. The second-order valence-electron chi connectivity index (χ2n) is 5.35. The van der Waals surface area contributed by atoms with E-state index >= 15 is 0 Å². The van der Waals surface area contributed by atoms with Crippen LogP contribution in [0.25, 0.3) is 0 Å². The Labute approximate surface area is 114 Å². The first-order valence-corrected chi connectivity index (χ1v) is 8.21. The third-order valence-corrected chi connectivity index (χ3v) is 4.22. The fraction of sp³-hybridized carbons (Fsp3) is 0.909. The molecule has 1 saturated heterocycles. The normalized spacial score (nSPS) is 21.1. The molecule has 1 aliphatic heterocycles. The quantitative estimate of drug-likeness (QED) is 0.736. The minimum absolute atomic E-state index is 0.154. The zero-order valence-electron chi connectivity index (χ0n) is 11.7. The van der Waals surface area contributed by atoms with Crippen LogP contribution >= 0.6 is 0 Å². The first kappa shape index (κ1) is 16.2. The van der Waals surface area contributed by atoms with Gasteiger partial charge in [0.15, 0.2) is 0 Å². The lowest BCUT2D eigenvalue weighted by atomic mass is 10.2. The van der Waals surface area contributed by atoms with Gasteiger partial charge in [0, 0.05) is 38.8 Å². The number of sulfonamides is 1. The molecule has 0 aliphatic carbocycles. The van der Waals surface area contributed by atoms with Gasteiger partial charge in [0.2, 0.25) is 10.0 Å². The van der Waals surface area contributed by atoms with Crippen molar-refractivity contribution < 1.29 is 18.3 Å². The van der Waals surface area contributed by atoms with Crippen molar-refractivity contribution in [1.82, 2.24) is 14.5 Å². The number of amides is 1. The van der Waals surface area contributed by atoms with Gasteiger partial charge in [-0.05, 0) is 5.92 Å². The average Bonchev–Trinajstić information content (AvgIpc) is 2.26. The van der Waals surface area contributed by atoms with E-state index in [1.54, 1.807) is 0 Å². The molecule has 1 aliphatic rings. The lowest BCUT2D eigenvalue weighted by molar-refractivity contribution is 0.125. The molecule has 1 heterocycles. The molecule has 1 fully saturated rings. The summed E-state index contributed by atoms with van der Waals surface area (Å²) in [5.41, 5.74) is 0. The van der Waals surface area contributed by atoms with Gasteiger partial charge in [-0.3, -0.25) is 0 Å². The topological polar surface area (TPSA) is 89.9 Å². The molecule has 0 saturated carbocycles. The largest absolute Gasteiger partial charge is 0.465 e. The number of hydrogen-bond acceptors (Lipinski definition) is 4. The van der Waals surface area contributed by atoms with Crippen LogP contribution in [0.5, 0.6) is 0 Å². The van der Waals surface area contributed by atoms with Crippen LogP contribution in [-0.2, 0) is 10.0 Å². The predicted octanol–water partition coefficient (Wildman–Crippen LogP) is -0.144. The van der Waals surface area contributed by atoms with Gasteiger partial charge in [-0.1, -0.05) is 13.8 Å². The Morgan fingerprint density at radius 2 is 2.16 bits per heavy atom. The summed E-state index contributed by atoms with van der Waals surface area (Å²) in [7, 11) is -3.27. The van der Waals surface area contributed by atoms with Crippen LogP contribution in [0.3, 0.4) is 0 Å². The number of nitrogens with one attached hydrogen (secondary N) is 1. The van der Waals surface area contributed by atoms with Crippen LogP contribution in [0.2, 0.25) is 0 Å². The molecule has 112 valence electrons. The van der Waals surface area contributed by atoms with Crippen molar-refractivity contribution in [3.05, 3.63) is 0 Å². The summed E-state index contributed by atoms with van der Waals surface area (Å²) in [5.74, 6) is 0.230. The van der Waals surface area contributed by atoms with Crippen LogP contribution in [0.15, 0.2) is 0 Å². The van der Waals surface area contributed by atoms with Crippen molar-refractivity contribution in [3.63, 3.8) is 0 Å². The van der Waals surface area contributed by atoms with Crippen molar-refractivity contribution in [2.24, 2.45) is 5.92 Å². The summed E-state index contributed by atoms with van der Waals surface area (Å²) in [6.45, 7) is 5.97. The number of rotatable bonds is 5. The molecule has 19 heavy (non-hydrogen) atoms. The zero-order chi connectivity index (χ0) is 14.6. The summed E-state index contributed by atoms with van der Waals surface area (Å²) in [4.78, 5) is 12.2. The molecule has 1 rings (SSSR count). The molecule has 8 heteroatoms. The van der Waals surface area contributed by atoms with E-state index in [4.69, 9.17) is 5.11 Å². The molecule has 1 atom stereocenters. The highest BCUT2D eigenvalue weighted by atomic mass is 32.2. The highest BCUT2D eigenvalue weighted by molar-refractivity contribution is 7.88. The molecule has 0 unspecified atom stereocenters. The van der Waals surface area contributed by atoms with Crippen molar-refractivity contribution in [2.75, 3.05) is 39.0 Å². The van der Waals surface area contributed by atoms with Gasteiger partial charge in [0.05, 0.1) is 6.26 Å². The van der Waals surface area contributed by atoms with Crippen LogP contribution in [0.4, 0.5) is 4.79 Å².